The van der Waals surface area contributed by atoms with E-state index < -0.39 is 0 Å². The number of aromatic amines is 2. The van der Waals surface area contributed by atoms with Crippen molar-refractivity contribution in [2.75, 3.05) is 0 Å². The molecule has 0 unspecified atom stereocenters. The van der Waals surface area contributed by atoms with E-state index in [1.54, 1.807) is 0 Å². The molecular weight excluding hydrogens is 300 g/mol. The zero-order valence-corrected chi connectivity index (χ0v) is 13.6. The smallest absolute Gasteiger partial charge is 0.272 e. The van der Waals surface area contributed by atoms with Gasteiger partial charge in [0, 0.05) is 28.5 Å². The topological polar surface area (TPSA) is 73.6 Å². The van der Waals surface area contributed by atoms with Gasteiger partial charge in [-0.1, -0.05) is 24.3 Å². The molecule has 0 saturated heterocycles. The number of aryl methyl sites for hydroxylation is 2. The van der Waals surface area contributed by atoms with E-state index in [1.807, 2.05) is 30.3 Å². The highest BCUT2D eigenvalue weighted by Gasteiger charge is 2.13. The molecule has 1 amide bonds. The molecular formula is C19H18N4O. The maximum Gasteiger partial charge on any atom is 0.272 e. The van der Waals surface area contributed by atoms with Gasteiger partial charge in [-0.2, -0.15) is 5.10 Å². The molecule has 2 aromatic carbocycles. The van der Waals surface area contributed by atoms with Crippen molar-refractivity contribution >= 4 is 27.7 Å². The highest BCUT2D eigenvalue weighted by Crippen LogP contribution is 2.22. The second-order valence-electron chi connectivity index (χ2n) is 6.06. The second kappa shape index (κ2) is 5.53. The van der Waals surface area contributed by atoms with E-state index in [4.69, 9.17) is 0 Å². The minimum atomic E-state index is -0.172. The highest BCUT2D eigenvalue weighted by molar-refractivity contribution is 6.04. The fraction of sp³-hybridized carbons (Fsp3) is 0.158. The minimum Gasteiger partial charge on any atom is -0.358 e. The fourth-order valence-corrected chi connectivity index (χ4v) is 3.02. The number of hydrogen-bond acceptors (Lipinski definition) is 2. The Morgan fingerprint density at radius 3 is 2.79 bits per heavy atom. The van der Waals surface area contributed by atoms with Crippen molar-refractivity contribution in [3.63, 3.8) is 0 Å². The Morgan fingerprint density at radius 2 is 1.92 bits per heavy atom. The van der Waals surface area contributed by atoms with Crippen LogP contribution in [0.25, 0.3) is 21.8 Å². The van der Waals surface area contributed by atoms with Gasteiger partial charge in [-0.15, -0.1) is 0 Å². The number of carbonyl (C=O) groups is 1. The summed E-state index contributed by atoms with van der Waals surface area (Å²) in [6.45, 7) is 4.64. The Hall–Kier alpha value is -3.08. The third-order valence-electron chi connectivity index (χ3n) is 4.51. The number of hydrogen-bond donors (Lipinski definition) is 3. The lowest BCUT2D eigenvalue weighted by Gasteiger charge is -2.05. The van der Waals surface area contributed by atoms with Gasteiger partial charge < -0.3 is 10.3 Å². The van der Waals surface area contributed by atoms with Crippen LogP contribution < -0.4 is 5.32 Å². The van der Waals surface area contributed by atoms with E-state index in [-0.39, 0.29) is 5.91 Å². The number of para-hydroxylation sites is 1. The van der Waals surface area contributed by atoms with Gasteiger partial charge in [0.05, 0.1) is 5.52 Å². The number of nitrogens with one attached hydrogen (secondary N) is 3. The third-order valence-corrected chi connectivity index (χ3v) is 4.51. The minimum absolute atomic E-state index is 0.172. The van der Waals surface area contributed by atoms with Crippen LogP contribution in [0.15, 0.2) is 42.5 Å². The van der Waals surface area contributed by atoms with E-state index in [2.05, 4.69) is 46.5 Å². The zero-order valence-electron chi connectivity index (χ0n) is 13.6. The van der Waals surface area contributed by atoms with Crippen LogP contribution in [0, 0.1) is 13.8 Å². The van der Waals surface area contributed by atoms with Crippen LogP contribution in [0.4, 0.5) is 0 Å². The van der Waals surface area contributed by atoms with Crippen LogP contribution in [0.3, 0.4) is 0 Å². The highest BCUT2D eigenvalue weighted by atomic mass is 16.1. The molecule has 2 aromatic heterocycles. The standard InChI is InChI=1S/C19H18N4O/c1-11-12(2)21-16-8-7-13(9-15(11)16)10-20-19(24)18-14-5-3-4-6-17(14)22-23-18/h3-9,21H,10H2,1-2H3,(H,20,24)(H,22,23). The van der Waals surface area contributed by atoms with Gasteiger partial charge in [0.25, 0.3) is 5.91 Å². The molecule has 3 N–H and O–H groups in total. The number of aromatic nitrogens is 3. The zero-order chi connectivity index (χ0) is 16.7. The van der Waals surface area contributed by atoms with Crippen LogP contribution in [0.5, 0.6) is 0 Å². The predicted molar refractivity (Wildman–Crippen MR) is 95.0 cm³/mol. The van der Waals surface area contributed by atoms with Crippen molar-refractivity contribution in [3.05, 3.63) is 65.0 Å². The number of fused-ring (bicyclic) bond motifs is 2. The molecule has 4 aromatic rings. The molecule has 2 heterocycles. The molecule has 0 bridgehead atoms. The maximum atomic E-state index is 12.4. The largest absolute Gasteiger partial charge is 0.358 e. The summed E-state index contributed by atoms with van der Waals surface area (Å²) in [6, 6.07) is 13.8. The molecule has 4 rings (SSSR count). The average molecular weight is 318 g/mol. The van der Waals surface area contributed by atoms with E-state index in [9.17, 15) is 4.79 Å². The SMILES string of the molecule is Cc1[nH]c2ccc(CNC(=O)c3n[nH]c4ccccc34)cc2c1C. The van der Waals surface area contributed by atoms with Gasteiger partial charge in [-0.25, -0.2) is 0 Å². The van der Waals surface area contributed by atoms with Gasteiger partial charge in [-0.05, 0) is 43.2 Å². The molecule has 0 saturated carbocycles. The van der Waals surface area contributed by atoms with Crippen LogP contribution >= 0.6 is 0 Å². The van der Waals surface area contributed by atoms with Crippen molar-refractivity contribution in [2.24, 2.45) is 0 Å². The lowest BCUT2D eigenvalue weighted by atomic mass is 10.1. The summed E-state index contributed by atoms with van der Waals surface area (Å²) in [5.41, 5.74) is 5.91. The molecule has 5 nitrogen and oxygen atoms in total. The van der Waals surface area contributed by atoms with Crippen LogP contribution in [0.2, 0.25) is 0 Å². The van der Waals surface area contributed by atoms with Crippen molar-refractivity contribution < 1.29 is 4.79 Å². The number of amides is 1. The summed E-state index contributed by atoms with van der Waals surface area (Å²) in [4.78, 5) is 15.8. The Labute approximate surface area is 139 Å². The summed E-state index contributed by atoms with van der Waals surface area (Å²) < 4.78 is 0. The number of rotatable bonds is 3. The first-order chi connectivity index (χ1) is 11.6. The van der Waals surface area contributed by atoms with E-state index in [0.29, 0.717) is 12.2 Å². The van der Waals surface area contributed by atoms with Crippen molar-refractivity contribution in [3.8, 4) is 0 Å². The van der Waals surface area contributed by atoms with Gasteiger partial charge in [0.1, 0.15) is 0 Å². The molecule has 0 aliphatic carbocycles. The van der Waals surface area contributed by atoms with Gasteiger partial charge >= 0.3 is 0 Å². The Balaban J connectivity index is 1.56. The summed E-state index contributed by atoms with van der Waals surface area (Å²) >= 11 is 0. The number of carbonyl (C=O) groups excluding carboxylic acids is 1. The quantitative estimate of drug-likeness (QED) is 0.540. The molecule has 0 spiro atoms. The van der Waals surface area contributed by atoms with Crippen LogP contribution in [0.1, 0.15) is 27.3 Å². The van der Waals surface area contributed by atoms with Gasteiger partial charge in [0.2, 0.25) is 0 Å². The first kappa shape index (κ1) is 14.5. The Kier molecular flexibility index (Phi) is 3.34. The lowest BCUT2D eigenvalue weighted by molar-refractivity contribution is 0.0947. The van der Waals surface area contributed by atoms with E-state index in [0.717, 1.165) is 22.0 Å². The maximum absolute atomic E-state index is 12.4. The number of H-pyrrole nitrogens is 2. The Bertz CT molecular complexity index is 1060. The summed E-state index contributed by atoms with van der Waals surface area (Å²) in [7, 11) is 0. The molecule has 0 aliphatic heterocycles. The van der Waals surface area contributed by atoms with Crippen LogP contribution in [-0.2, 0) is 6.54 Å². The molecule has 120 valence electrons. The van der Waals surface area contributed by atoms with Gasteiger partial charge in [0.15, 0.2) is 5.69 Å². The molecule has 5 heteroatoms. The van der Waals surface area contributed by atoms with Crippen molar-refractivity contribution in [1.29, 1.82) is 0 Å². The fourth-order valence-electron chi connectivity index (χ4n) is 3.02. The van der Waals surface area contributed by atoms with Crippen molar-refractivity contribution in [1.82, 2.24) is 20.5 Å². The first-order valence-corrected chi connectivity index (χ1v) is 7.92. The first-order valence-electron chi connectivity index (χ1n) is 7.92. The normalized spacial score (nSPS) is 11.2. The number of nitrogens with zero attached hydrogens (tertiary/aromatic N) is 1. The van der Waals surface area contributed by atoms with Crippen molar-refractivity contribution in [2.45, 2.75) is 20.4 Å². The molecule has 0 radical (unpaired) electrons. The monoisotopic (exact) mass is 318 g/mol. The summed E-state index contributed by atoms with van der Waals surface area (Å²) in [5, 5.41) is 12.0. The summed E-state index contributed by atoms with van der Waals surface area (Å²) in [6.07, 6.45) is 0. The summed E-state index contributed by atoms with van der Waals surface area (Å²) in [5.74, 6) is -0.172. The van der Waals surface area contributed by atoms with Gasteiger partial charge in [-0.3, -0.25) is 9.89 Å². The van der Waals surface area contributed by atoms with E-state index >= 15 is 0 Å². The third kappa shape index (κ3) is 2.34. The molecule has 0 fully saturated rings. The van der Waals surface area contributed by atoms with Crippen LogP contribution in [-0.4, -0.2) is 21.1 Å². The number of benzene rings is 2. The predicted octanol–water partition coefficient (Wildman–Crippen LogP) is 3.59. The molecule has 24 heavy (non-hydrogen) atoms. The molecule has 0 atom stereocenters. The van der Waals surface area contributed by atoms with E-state index in [1.165, 1.54) is 16.6 Å². The second-order valence-corrected chi connectivity index (χ2v) is 6.06. The Morgan fingerprint density at radius 1 is 1.08 bits per heavy atom. The lowest BCUT2D eigenvalue weighted by Crippen LogP contribution is -2.23. The average Bonchev–Trinajstić information content (AvgIpc) is 3.15. The molecule has 0 aliphatic rings.